The summed E-state index contributed by atoms with van der Waals surface area (Å²) in [6, 6.07) is 1.31. The highest BCUT2D eigenvalue weighted by Crippen LogP contribution is 2.21. The van der Waals surface area contributed by atoms with Crippen LogP contribution in [0.2, 0.25) is 0 Å². The van der Waals surface area contributed by atoms with E-state index in [0.717, 1.165) is 11.8 Å². The molecule has 4 unspecified atom stereocenters. The Kier molecular flexibility index (Phi) is 7.25. The number of rotatable bonds is 7. The van der Waals surface area contributed by atoms with E-state index in [1.165, 1.54) is 45.3 Å². The molecule has 0 radical (unpaired) electrons. The van der Waals surface area contributed by atoms with Crippen LogP contribution < -0.4 is 5.32 Å². The quantitative estimate of drug-likeness (QED) is 0.748. The van der Waals surface area contributed by atoms with Gasteiger partial charge in [0.2, 0.25) is 0 Å². The van der Waals surface area contributed by atoms with E-state index in [2.05, 4.69) is 44.8 Å². The van der Waals surface area contributed by atoms with E-state index >= 15 is 0 Å². The van der Waals surface area contributed by atoms with Crippen molar-refractivity contribution in [1.82, 2.24) is 10.2 Å². The first kappa shape index (κ1) is 16.0. The fourth-order valence-electron chi connectivity index (χ4n) is 3.09. The van der Waals surface area contributed by atoms with Gasteiger partial charge in [-0.2, -0.15) is 0 Å². The number of likely N-dealkylation sites (tertiary alicyclic amines) is 1. The predicted octanol–water partition coefficient (Wildman–Crippen LogP) is 3.52. The van der Waals surface area contributed by atoms with E-state index < -0.39 is 0 Å². The van der Waals surface area contributed by atoms with Crippen molar-refractivity contribution in [2.75, 3.05) is 19.6 Å². The molecule has 0 aromatic carbocycles. The van der Waals surface area contributed by atoms with Crippen LogP contribution in [0, 0.1) is 11.8 Å². The van der Waals surface area contributed by atoms with Gasteiger partial charge in [0.1, 0.15) is 0 Å². The van der Waals surface area contributed by atoms with Crippen LogP contribution in [0.4, 0.5) is 0 Å². The standard InChI is InChI=1S/C16H34N2/c1-6-10-18-11-8-9-16(12-18)15(5)17-14(4)13(3)7-2/h13-17H,6-12H2,1-5H3. The first-order chi connectivity index (χ1) is 8.58. The summed E-state index contributed by atoms with van der Waals surface area (Å²) in [4.78, 5) is 2.65. The van der Waals surface area contributed by atoms with Crippen molar-refractivity contribution in [3.05, 3.63) is 0 Å². The monoisotopic (exact) mass is 254 g/mol. The molecule has 2 nitrogen and oxygen atoms in total. The molecule has 1 rings (SSSR count). The third kappa shape index (κ3) is 4.89. The second-order valence-corrected chi connectivity index (χ2v) is 6.33. The Morgan fingerprint density at radius 2 is 1.94 bits per heavy atom. The molecule has 1 fully saturated rings. The van der Waals surface area contributed by atoms with Gasteiger partial charge in [0.05, 0.1) is 0 Å². The summed E-state index contributed by atoms with van der Waals surface area (Å²) in [5.74, 6) is 1.62. The number of hydrogen-bond donors (Lipinski definition) is 1. The van der Waals surface area contributed by atoms with Crippen LogP contribution in [-0.4, -0.2) is 36.6 Å². The summed E-state index contributed by atoms with van der Waals surface area (Å²) in [7, 11) is 0. The maximum Gasteiger partial charge on any atom is 0.00818 e. The van der Waals surface area contributed by atoms with Crippen molar-refractivity contribution >= 4 is 0 Å². The molecular formula is C16H34N2. The molecule has 1 saturated heterocycles. The summed E-state index contributed by atoms with van der Waals surface area (Å²) < 4.78 is 0. The van der Waals surface area contributed by atoms with E-state index in [-0.39, 0.29) is 0 Å². The number of hydrogen-bond acceptors (Lipinski definition) is 2. The molecule has 0 bridgehead atoms. The minimum Gasteiger partial charge on any atom is -0.311 e. The average molecular weight is 254 g/mol. The van der Waals surface area contributed by atoms with Gasteiger partial charge in [-0.05, 0) is 58.0 Å². The maximum atomic E-state index is 3.84. The SMILES string of the molecule is CCCN1CCCC(C(C)NC(C)C(C)CC)C1. The van der Waals surface area contributed by atoms with Crippen LogP contribution in [-0.2, 0) is 0 Å². The minimum atomic E-state index is 0.645. The Bertz CT molecular complexity index is 215. The topological polar surface area (TPSA) is 15.3 Å². The summed E-state index contributed by atoms with van der Waals surface area (Å²) in [6.07, 6.45) is 5.35. The maximum absolute atomic E-state index is 3.84. The van der Waals surface area contributed by atoms with Crippen molar-refractivity contribution in [3.63, 3.8) is 0 Å². The number of piperidine rings is 1. The van der Waals surface area contributed by atoms with Crippen LogP contribution in [0.1, 0.15) is 60.3 Å². The van der Waals surface area contributed by atoms with Gasteiger partial charge >= 0.3 is 0 Å². The Balaban J connectivity index is 2.38. The van der Waals surface area contributed by atoms with Gasteiger partial charge < -0.3 is 10.2 Å². The fraction of sp³-hybridized carbons (Fsp3) is 1.00. The molecule has 18 heavy (non-hydrogen) atoms. The smallest absolute Gasteiger partial charge is 0.00818 e. The fourth-order valence-corrected chi connectivity index (χ4v) is 3.09. The van der Waals surface area contributed by atoms with E-state index in [9.17, 15) is 0 Å². The molecule has 0 aliphatic carbocycles. The Labute approximate surface area is 115 Å². The lowest BCUT2D eigenvalue weighted by Crippen LogP contribution is -2.48. The van der Waals surface area contributed by atoms with Crippen LogP contribution in [0.25, 0.3) is 0 Å². The van der Waals surface area contributed by atoms with Crippen LogP contribution >= 0.6 is 0 Å². The molecule has 1 aliphatic rings. The summed E-state index contributed by atoms with van der Waals surface area (Å²) in [5.41, 5.74) is 0. The number of nitrogens with zero attached hydrogens (tertiary/aromatic N) is 1. The third-order valence-electron chi connectivity index (χ3n) is 4.81. The van der Waals surface area contributed by atoms with Gasteiger partial charge in [-0.15, -0.1) is 0 Å². The molecule has 2 heteroatoms. The second-order valence-electron chi connectivity index (χ2n) is 6.33. The second kappa shape index (κ2) is 8.16. The van der Waals surface area contributed by atoms with Gasteiger partial charge in [0, 0.05) is 18.6 Å². The third-order valence-corrected chi connectivity index (χ3v) is 4.81. The highest BCUT2D eigenvalue weighted by atomic mass is 15.1. The zero-order valence-corrected chi connectivity index (χ0v) is 13.2. The average Bonchev–Trinajstić information content (AvgIpc) is 2.38. The van der Waals surface area contributed by atoms with Crippen molar-refractivity contribution < 1.29 is 0 Å². The van der Waals surface area contributed by atoms with Gasteiger partial charge in [0.25, 0.3) is 0 Å². The van der Waals surface area contributed by atoms with Crippen LogP contribution in [0.5, 0.6) is 0 Å². The van der Waals surface area contributed by atoms with E-state index in [1.54, 1.807) is 0 Å². The first-order valence-electron chi connectivity index (χ1n) is 8.06. The molecule has 0 saturated carbocycles. The number of nitrogens with one attached hydrogen (secondary N) is 1. The Morgan fingerprint density at radius 3 is 2.56 bits per heavy atom. The molecule has 0 aromatic heterocycles. The lowest BCUT2D eigenvalue weighted by Gasteiger charge is -2.37. The van der Waals surface area contributed by atoms with Crippen molar-refractivity contribution in [2.45, 2.75) is 72.4 Å². The Morgan fingerprint density at radius 1 is 1.22 bits per heavy atom. The van der Waals surface area contributed by atoms with Gasteiger partial charge in [-0.25, -0.2) is 0 Å². The predicted molar refractivity (Wildman–Crippen MR) is 81.0 cm³/mol. The first-order valence-corrected chi connectivity index (χ1v) is 8.06. The largest absolute Gasteiger partial charge is 0.311 e. The Hall–Kier alpha value is -0.0800. The minimum absolute atomic E-state index is 0.645. The summed E-state index contributed by atoms with van der Waals surface area (Å²) in [5, 5.41) is 3.84. The molecule has 4 atom stereocenters. The lowest BCUT2D eigenvalue weighted by atomic mass is 9.90. The zero-order chi connectivity index (χ0) is 13.5. The summed E-state index contributed by atoms with van der Waals surface area (Å²) >= 11 is 0. The summed E-state index contributed by atoms with van der Waals surface area (Å²) in [6.45, 7) is 15.6. The normalized spacial score (nSPS) is 26.8. The van der Waals surface area contributed by atoms with Crippen molar-refractivity contribution in [2.24, 2.45) is 11.8 Å². The van der Waals surface area contributed by atoms with Crippen molar-refractivity contribution in [3.8, 4) is 0 Å². The van der Waals surface area contributed by atoms with E-state index in [0.29, 0.717) is 12.1 Å². The van der Waals surface area contributed by atoms with Gasteiger partial charge in [-0.1, -0.05) is 27.2 Å². The molecule has 0 amide bonds. The van der Waals surface area contributed by atoms with Gasteiger partial charge in [-0.3, -0.25) is 0 Å². The lowest BCUT2D eigenvalue weighted by molar-refractivity contribution is 0.143. The van der Waals surface area contributed by atoms with Gasteiger partial charge in [0.15, 0.2) is 0 Å². The molecule has 1 N–H and O–H groups in total. The molecule has 0 spiro atoms. The molecular weight excluding hydrogens is 220 g/mol. The van der Waals surface area contributed by atoms with Crippen LogP contribution in [0.3, 0.4) is 0 Å². The van der Waals surface area contributed by atoms with Crippen molar-refractivity contribution in [1.29, 1.82) is 0 Å². The zero-order valence-electron chi connectivity index (χ0n) is 13.2. The molecule has 108 valence electrons. The van der Waals surface area contributed by atoms with Crippen LogP contribution in [0.15, 0.2) is 0 Å². The van der Waals surface area contributed by atoms with E-state index in [1.807, 2.05) is 0 Å². The highest BCUT2D eigenvalue weighted by molar-refractivity contribution is 4.82. The molecule has 1 aliphatic heterocycles. The molecule has 1 heterocycles. The highest BCUT2D eigenvalue weighted by Gasteiger charge is 2.25. The van der Waals surface area contributed by atoms with E-state index in [4.69, 9.17) is 0 Å². The molecule has 0 aromatic rings.